The molecule has 0 aliphatic heterocycles. The number of nitrogens with one attached hydrogen (secondary N) is 1. The fraction of sp³-hybridized carbons (Fsp3) is 0.294. The van der Waals surface area contributed by atoms with Gasteiger partial charge in [-0.1, -0.05) is 153 Å². The maximum atomic E-state index is 13.0. The topological polar surface area (TPSA) is 209 Å². The Bertz CT molecular complexity index is 2270. The van der Waals surface area contributed by atoms with E-state index in [1.165, 1.54) is 23.6 Å². The normalized spacial score (nSPS) is 13.5. The number of carbonyl (C=O) groups excluding carboxylic acids is 4. The van der Waals surface area contributed by atoms with Gasteiger partial charge in [-0.25, -0.2) is 4.79 Å². The molecule has 5 rings (SSSR count). The number of benzene rings is 5. The van der Waals surface area contributed by atoms with E-state index in [1.807, 2.05) is 110 Å². The number of aliphatic carboxylic acids is 2. The van der Waals surface area contributed by atoms with E-state index >= 15 is 0 Å². The van der Waals surface area contributed by atoms with Crippen LogP contribution in [0.1, 0.15) is 57.2 Å². The summed E-state index contributed by atoms with van der Waals surface area (Å²) in [7, 11) is 0. The zero-order valence-corrected chi connectivity index (χ0v) is 36.4. The summed E-state index contributed by atoms with van der Waals surface area (Å²) in [5, 5.41) is 21.4. The van der Waals surface area contributed by atoms with Gasteiger partial charge in [-0.2, -0.15) is 0 Å². The average molecular weight is 873 g/mol. The first-order chi connectivity index (χ1) is 30.6. The Morgan fingerprint density at radius 1 is 0.531 bits per heavy atom. The molecule has 1 amide bonds. The minimum Gasteiger partial charge on any atom is -0.481 e. The lowest BCUT2D eigenvalue weighted by atomic mass is 9.94. The zero-order chi connectivity index (χ0) is 46.6. The van der Waals surface area contributed by atoms with Crippen LogP contribution >= 0.6 is 0 Å². The summed E-state index contributed by atoms with van der Waals surface area (Å²) in [5.41, 5.74) is 13.6. The molecule has 5 N–H and O–H groups in total. The number of hydrogen-bond acceptors (Lipinski definition) is 10. The van der Waals surface area contributed by atoms with Crippen LogP contribution < -0.4 is 11.1 Å². The third-order valence-corrected chi connectivity index (χ3v) is 10.2. The minimum absolute atomic E-state index is 0.0135. The first-order valence-electron chi connectivity index (χ1n) is 20.9. The SMILES string of the molecule is CC(=O)O[C@H](C(=O)O)[C@H](OC(C)=O)C(=O)N[C@H](Cc1ccc(-c2ccccc2)cc1)C[C@@H](C)C(=O)O.C[C@H](C[C@H](N)Cc1ccc(-c2ccccc2)cc1)C(=O)OCc1ccccc1. The van der Waals surface area contributed by atoms with Gasteiger partial charge in [0.15, 0.2) is 0 Å². The number of esters is 3. The molecule has 0 saturated carbocycles. The van der Waals surface area contributed by atoms with Crippen molar-refractivity contribution in [3.63, 3.8) is 0 Å². The lowest BCUT2D eigenvalue weighted by molar-refractivity contribution is -0.180. The summed E-state index contributed by atoms with van der Waals surface area (Å²) in [6.07, 6.45) is -2.46. The number of ether oxygens (including phenoxy) is 3. The first-order valence-corrected chi connectivity index (χ1v) is 20.9. The first kappa shape index (κ1) is 49.5. The van der Waals surface area contributed by atoms with Crippen molar-refractivity contribution >= 4 is 35.8 Å². The third kappa shape index (κ3) is 16.6. The summed E-state index contributed by atoms with van der Waals surface area (Å²) in [4.78, 5) is 71.2. The molecule has 0 saturated heterocycles. The van der Waals surface area contributed by atoms with Crippen molar-refractivity contribution in [1.29, 1.82) is 0 Å². The second-order valence-electron chi connectivity index (χ2n) is 15.6. The Kier molecular flexibility index (Phi) is 19.4. The quantitative estimate of drug-likeness (QED) is 0.0445. The summed E-state index contributed by atoms with van der Waals surface area (Å²) in [5.74, 6) is -6.98. The smallest absolute Gasteiger partial charge is 0.349 e. The van der Waals surface area contributed by atoms with E-state index in [0.717, 1.165) is 42.5 Å². The highest BCUT2D eigenvalue weighted by Gasteiger charge is 2.40. The van der Waals surface area contributed by atoms with Gasteiger partial charge in [0.25, 0.3) is 5.91 Å². The van der Waals surface area contributed by atoms with Crippen LogP contribution in [0.15, 0.2) is 140 Å². The molecule has 0 aliphatic rings. The van der Waals surface area contributed by atoms with E-state index in [0.29, 0.717) is 13.0 Å². The maximum absolute atomic E-state index is 13.0. The zero-order valence-electron chi connectivity index (χ0n) is 36.4. The van der Waals surface area contributed by atoms with E-state index in [1.54, 1.807) is 0 Å². The van der Waals surface area contributed by atoms with Crippen LogP contribution in [0.4, 0.5) is 0 Å². The summed E-state index contributed by atoms with van der Waals surface area (Å²) >= 11 is 0. The predicted molar refractivity (Wildman–Crippen MR) is 241 cm³/mol. The lowest BCUT2D eigenvalue weighted by Crippen LogP contribution is -2.52. The highest BCUT2D eigenvalue weighted by atomic mass is 16.6. The van der Waals surface area contributed by atoms with E-state index in [2.05, 4.69) is 41.7 Å². The molecule has 64 heavy (non-hydrogen) atoms. The number of amides is 1. The Balaban J connectivity index is 0.000000289. The molecule has 5 aromatic rings. The van der Waals surface area contributed by atoms with Crippen molar-refractivity contribution in [2.45, 2.75) is 84.3 Å². The molecule has 6 atom stereocenters. The molecule has 0 radical (unpaired) electrons. The van der Waals surface area contributed by atoms with Gasteiger partial charge in [-0.05, 0) is 64.6 Å². The Hall–Kier alpha value is -7.12. The van der Waals surface area contributed by atoms with Crippen molar-refractivity contribution in [2.24, 2.45) is 17.6 Å². The number of nitrogens with two attached hydrogens (primary N) is 1. The van der Waals surface area contributed by atoms with E-state index in [4.69, 9.17) is 19.9 Å². The highest BCUT2D eigenvalue weighted by Crippen LogP contribution is 2.23. The van der Waals surface area contributed by atoms with Crippen molar-refractivity contribution in [3.05, 3.63) is 156 Å². The van der Waals surface area contributed by atoms with Gasteiger partial charge in [0.05, 0.1) is 11.8 Å². The second kappa shape index (κ2) is 25.1. The number of carbonyl (C=O) groups is 6. The van der Waals surface area contributed by atoms with Crippen molar-refractivity contribution < 1.29 is 53.2 Å². The number of carboxylic acid groups (broad SMARTS) is 2. The standard InChI is InChI=1S/C26H29NO9.C25H27NO2/c1-15(25(31)32)13-21(14-18-9-11-20(12-10-18)19-7-5-4-6-8-19)27-24(30)22(35-16(2)28)23(26(33)34)36-17(3)29;1-19(25(27)28-18-21-8-4-2-5-9-21)16-24(26)17-20-12-14-23(15-13-20)22-10-6-3-7-11-22/h4-12,15,21-23H,13-14H2,1-3H3,(H,27,30)(H,31,32)(H,33,34);2-15,19,24H,16-18,26H2,1H3/t15-,21+,22+,23+;19-,24+/m11/s1. The molecule has 0 spiro atoms. The fourth-order valence-electron chi connectivity index (χ4n) is 6.88. The molecule has 336 valence electrons. The molecule has 0 fully saturated rings. The van der Waals surface area contributed by atoms with Crippen LogP contribution in [-0.2, 0) is 62.4 Å². The van der Waals surface area contributed by atoms with E-state index < -0.39 is 54.0 Å². The van der Waals surface area contributed by atoms with Gasteiger partial charge < -0.3 is 35.5 Å². The highest BCUT2D eigenvalue weighted by molar-refractivity contribution is 5.91. The molecular formula is C51H56N2O11. The van der Waals surface area contributed by atoms with Crippen LogP contribution in [-0.4, -0.2) is 70.3 Å². The molecule has 0 bridgehead atoms. The molecule has 0 heterocycles. The maximum Gasteiger partial charge on any atom is 0.349 e. The van der Waals surface area contributed by atoms with E-state index in [9.17, 15) is 39.0 Å². The van der Waals surface area contributed by atoms with Crippen LogP contribution in [0, 0.1) is 11.8 Å². The van der Waals surface area contributed by atoms with Crippen LogP contribution in [0.25, 0.3) is 22.3 Å². The molecule has 5 aromatic carbocycles. The third-order valence-electron chi connectivity index (χ3n) is 10.2. The van der Waals surface area contributed by atoms with Gasteiger partial charge in [0, 0.05) is 25.9 Å². The van der Waals surface area contributed by atoms with Crippen LogP contribution in [0.5, 0.6) is 0 Å². The lowest BCUT2D eigenvalue weighted by Gasteiger charge is -2.26. The Morgan fingerprint density at radius 3 is 1.42 bits per heavy atom. The van der Waals surface area contributed by atoms with Gasteiger partial charge in [0.1, 0.15) is 6.61 Å². The summed E-state index contributed by atoms with van der Waals surface area (Å²) in [6.45, 7) is 5.59. The molecule has 13 nitrogen and oxygen atoms in total. The predicted octanol–water partition coefficient (Wildman–Crippen LogP) is 7.43. The number of rotatable bonds is 20. The fourth-order valence-corrected chi connectivity index (χ4v) is 6.88. The van der Waals surface area contributed by atoms with Crippen molar-refractivity contribution in [2.75, 3.05) is 0 Å². The van der Waals surface area contributed by atoms with Crippen molar-refractivity contribution in [3.8, 4) is 22.3 Å². The molecular weight excluding hydrogens is 817 g/mol. The molecule has 0 unspecified atom stereocenters. The van der Waals surface area contributed by atoms with Gasteiger partial charge >= 0.3 is 29.8 Å². The van der Waals surface area contributed by atoms with Gasteiger partial charge in [0.2, 0.25) is 12.2 Å². The largest absolute Gasteiger partial charge is 0.481 e. The van der Waals surface area contributed by atoms with E-state index in [-0.39, 0.29) is 30.8 Å². The Morgan fingerprint density at radius 2 is 0.969 bits per heavy atom. The molecule has 0 aromatic heterocycles. The van der Waals surface area contributed by atoms with Crippen LogP contribution in [0.2, 0.25) is 0 Å². The Labute approximate surface area is 373 Å². The molecule has 0 aliphatic carbocycles. The van der Waals surface area contributed by atoms with Gasteiger partial charge in [-0.3, -0.25) is 24.0 Å². The molecule has 13 heteroatoms. The van der Waals surface area contributed by atoms with Crippen LogP contribution in [0.3, 0.4) is 0 Å². The monoisotopic (exact) mass is 872 g/mol. The van der Waals surface area contributed by atoms with Gasteiger partial charge in [-0.15, -0.1) is 0 Å². The average Bonchev–Trinajstić information content (AvgIpc) is 3.28. The minimum atomic E-state index is -2.07. The second-order valence-corrected chi connectivity index (χ2v) is 15.6. The number of carboxylic acids is 2. The van der Waals surface area contributed by atoms with Crippen molar-refractivity contribution in [1.82, 2.24) is 5.32 Å². The summed E-state index contributed by atoms with van der Waals surface area (Å²) < 4.78 is 15.0. The summed E-state index contributed by atoms with van der Waals surface area (Å²) in [6, 6.07) is 44.8. The number of hydrogen-bond donors (Lipinski definition) is 4.